The second-order valence-corrected chi connectivity index (χ2v) is 5.34. The fraction of sp³-hybridized carbons (Fsp3) is 0.312. The van der Waals surface area contributed by atoms with Gasteiger partial charge in [0, 0.05) is 5.92 Å². The summed E-state index contributed by atoms with van der Waals surface area (Å²) in [6, 6.07) is 3.30. The number of carbonyl (C=O) groups is 1. The van der Waals surface area contributed by atoms with E-state index in [1.54, 1.807) is 12.1 Å². The highest BCUT2D eigenvalue weighted by Crippen LogP contribution is 2.43. The smallest absolute Gasteiger partial charge is 0.328 e. The van der Waals surface area contributed by atoms with Gasteiger partial charge < -0.3 is 18.9 Å². The van der Waals surface area contributed by atoms with Gasteiger partial charge in [-0.1, -0.05) is 0 Å². The van der Waals surface area contributed by atoms with E-state index in [1.807, 2.05) is 0 Å². The van der Waals surface area contributed by atoms with Crippen molar-refractivity contribution in [3.05, 3.63) is 44.1 Å². The van der Waals surface area contributed by atoms with E-state index in [-0.39, 0.29) is 17.9 Å². The molecule has 132 valence electrons. The highest BCUT2D eigenvalue weighted by Gasteiger charge is 2.33. The SMILES string of the molecule is COc1cc(C2CC(=O)Oc3[nH]c(=O)[nH]c(=O)c32)cc(OC)c1OC. The summed E-state index contributed by atoms with van der Waals surface area (Å²) in [5.41, 5.74) is -0.620. The summed E-state index contributed by atoms with van der Waals surface area (Å²) in [6.45, 7) is 0. The minimum Gasteiger partial charge on any atom is -0.493 e. The van der Waals surface area contributed by atoms with Crippen LogP contribution in [0.1, 0.15) is 23.5 Å². The van der Waals surface area contributed by atoms with E-state index in [9.17, 15) is 14.4 Å². The van der Waals surface area contributed by atoms with Gasteiger partial charge in [0.15, 0.2) is 11.5 Å². The van der Waals surface area contributed by atoms with Gasteiger partial charge >= 0.3 is 11.7 Å². The fourth-order valence-electron chi connectivity index (χ4n) is 2.88. The number of hydrogen-bond acceptors (Lipinski definition) is 7. The summed E-state index contributed by atoms with van der Waals surface area (Å²) in [5, 5.41) is 0. The standard InChI is InChI=1S/C16H16N2O7/c1-22-9-4-7(5-10(23-2)13(9)24-3)8-6-11(19)25-15-12(8)14(20)17-16(21)18-15/h4-5,8H,6H2,1-3H3,(H2,17,18,20,21). The number of rotatable bonds is 4. The lowest BCUT2D eigenvalue weighted by atomic mass is 9.88. The average Bonchev–Trinajstić information content (AvgIpc) is 2.58. The van der Waals surface area contributed by atoms with Gasteiger partial charge in [-0.25, -0.2) is 4.79 Å². The molecule has 1 aromatic heterocycles. The summed E-state index contributed by atoms with van der Waals surface area (Å²) in [4.78, 5) is 40.1. The molecule has 2 N–H and O–H groups in total. The summed E-state index contributed by atoms with van der Waals surface area (Å²) >= 11 is 0. The first-order valence-corrected chi connectivity index (χ1v) is 7.35. The number of fused-ring (bicyclic) bond motifs is 1. The molecule has 9 nitrogen and oxygen atoms in total. The molecular formula is C16H16N2O7. The van der Waals surface area contributed by atoms with E-state index in [0.29, 0.717) is 22.8 Å². The molecule has 1 aliphatic rings. The zero-order chi connectivity index (χ0) is 18.1. The molecular weight excluding hydrogens is 332 g/mol. The van der Waals surface area contributed by atoms with E-state index >= 15 is 0 Å². The number of nitrogens with one attached hydrogen (secondary N) is 2. The lowest BCUT2D eigenvalue weighted by molar-refractivity contribution is -0.136. The Morgan fingerprint density at radius 2 is 1.64 bits per heavy atom. The normalized spacial score (nSPS) is 16.0. The van der Waals surface area contributed by atoms with Crippen molar-refractivity contribution in [1.29, 1.82) is 0 Å². The fourth-order valence-corrected chi connectivity index (χ4v) is 2.88. The number of hydrogen-bond donors (Lipinski definition) is 2. The van der Waals surface area contributed by atoms with Crippen LogP contribution >= 0.6 is 0 Å². The maximum absolute atomic E-state index is 12.3. The summed E-state index contributed by atoms with van der Waals surface area (Å²) in [7, 11) is 4.41. The van der Waals surface area contributed by atoms with E-state index < -0.39 is 23.1 Å². The summed E-state index contributed by atoms with van der Waals surface area (Å²) in [5.74, 6) is -0.180. The maximum Gasteiger partial charge on any atom is 0.328 e. The Labute approximate surface area is 141 Å². The first-order chi connectivity index (χ1) is 12.0. The van der Waals surface area contributed by atoms with Crippen LogP contribution in [-0.2, 0) is 4.79 Å². The number of carbonyl (C=O) groups excluding carboxylic acids is 1. The number of aromatic amines is 2. The largest absolute Gasteiger partial charge is 0.493 e. The highest BCUT2D eigenvalue weighted by molar-refractivity contribution is 5.77. The molecule has 2 aromatic rings. The molecule has 0 radical (unpaired) electrons. The number of ether oxygens (including phenoxy) is 4. The molecule has 0 amide bonds. The predicted molar refractivity (Wildman–Crippen MR) is 85.9 cm³/mol. The molecule has 1 aromatic carbocycles. The van der Waals surface area contributed by atoms with Crippen molar-refractivity contribution >= 4 is 5.97 Å². The van der Waals surface area contributed by atoms with Crippen molar-refractivity contribution in [3.8, 4) is 23.1 Å². The van der Waals surface area contributed by atoms with Crippen LogP contribution in [0.25, 0.3) is 0 Å². The quantitative estimate of drug-likeness (QED) is 0.773. The molecule has 9 heteroatoms. The van der Waals surface area contributed by atoms with Crippen molar-refractivity contribution in [3.63, 3.8) is 0 Å². The van der Waals surface area contributed by atoms with E-state index in [2.05, 4.69) is 9.97 Å². The van der Waals surface area contributed by atoms with Gasteiger partial charge in [-0.2, -0.15) is 0 Å². The third kappa shape index (κ3) is 2.84. The molecule has 1 unspecified atom stereocenters. The number of benzene rings is 1. The van der Waals surface area contributed by atoms with Crippen molar-refractivity contribution in [2.24, 2.45) is 0 Å². The molecule has 1 aliphatic heterocycles. The Balaban J connectivity index is 2.23. The van der Waals surface area contributed by atoms with E-state index in [4.69, 9.17) is 18.9 Å². The number of H-pyrrole nitrogens is 2. The van der Waals surface area contributed by atoms with Gasteiger partial charge in [-0.15, -0.1) is 0 Å². The van der Waals surface area contributed by atoms with Crippen LogP contribution in [0, 0.1) is 0 Å². The topological polar surface area (TPSA) is 120 Å². The lowest BCUT2D eigenvalue weighted by Crippen LogP contribution is -2.33. The first kappa shape index (κ1) is 16.6. The van der Waals surface area contributed by atoms with Crippen molar-refractivity contribution in [1.82, 2.24) is 9.97 Å². The van der Waals surface area contributed by atoms with E-state index in [0.717, 1.165) is 0 Å². The Bertz CT molecular complexity index is 919. The maximum atomic E-state index is 12.3. The summed E-state index contributed by atoms with van der Waals surface area (Å²) < 4.78 is 20.9. The van der Waals surface area contributed by atoms with Gasteiger partial charge in [-0.3, -0.25) is 19.6 Å². The minimum atomic E-state index is -0.748. The molecule has 0 aliphatic carbocycles. The number of esters is 1. The molecule has 1 atom stereocenters. The van der Waals surface area contributed by atoms with Gasteiger partial charge in [-0.05, 0) is 17.7 Å². The highest BCUT2D eigenvalue weighted by atomic mass is 16.5. The zero-order valence-electron chi connectivity index (χ0n) is 13.8. The first-order valence-electron chi connectivity index (χ1n) is 7.35. The summed E-state index contributed by atoms with van der Waals surface area (Å²) in [6.07, 6.45) is -0.0687. The van der Waals surface area contributed by atoms with Gasteiger partial charge in [0.1, 0.15) is 0 Å². The molecule has 0 saturated carbocycles. The second-order valence-electron chi connectivity index (χ2n) is 5.34. The number of methoxy groups -OCH3 is 3. The Hall–Kier alpha value is -3.23. The second kappa shape index (κ2) is 6.34. The monoisotopic (exact) mass is 348 g/mol. The third-order valence-electron chi connectivity index (χ3n) is 3.97. The Morgan fingerprint density at radius 1 is 1.00 bits per heavy atom. The van der Waals surface area contributed by atoms with Crippen molar-refractivity contribution in [2.45, 2.75) is 12.3 Å². The van der Waals surface area contributed by atoms with Gasteiger partial charge in [0.05, 0.1) is 33.3 Å². The van der Waals surface area contributed by atoms with Crippen LogP contribution in [0.3, 0.4) is 0 Å². The zero-order valence-corrected chi connectivity index (χ0v) is 13.8. The lowest BCUT2D eigenvalue weighted by Gasteiger charge is -2.24. The molecule has 25 heavy (non-hydrogen) atoms. The van der Waals surface area contributed by atoms with Crippen molar-refractivity contribution < 1.29 is 23.7 Å². The Morgan fingerprint density at radius 3 is 2.20 bits per heavy atom. The minimum absolute atomic E-state index is 0.0687. The average molecular weight is 348 g/mol. The number of aromatic nitrogens is 2. The molecule has 2 heterocycles. The molecule has 0 fully saturated rings. The van der Waals surface area contributed by atoms with E-state index in [1.165, 1.54) is 21.3 Å². The van der Waals surface area contributed by atoms with Crippen LogP contribution in [-0.4, -0.2) is 37.3 Å². The third-order valence-corrected chi connectivity index (χ3v) is 3.97. The van der Waals surface area contributed by atoms with Crippen LogP contribution < -0.4 is 30.2 Å². The molecule has 3 rings (SSSR count). The predicted octanol–water partition coefficient (Wildman–Crippen LogP) is 0.530. The van der Waals surface area contributed by atoms with Crippen LogP contribution in [0.2, 0.25) is 0 Å². The van der Waals surface area contributed by atoms with Crippen LogP contribution in [0.15, 0.2) is 21.7 Å². The molecule has 0 bridgehead atoms. The van der Waals surface area contributed by atoms with Crippen molar-refractivity contribution in [2.75, 3.05) is 21.3 Å². The van der Waals surface area contributed by atoms with Gasteiger partial charge in [0.2, 0.25) is 11.6 Å². The van der Waals surface area contributed by atoms with Crippen LogP contribution in [0.4, 0.5) is 0 Å². The molecule has 0 saturated heterocycles. The Kier molecular flexibility index (Phi) is 4.22. The van der Waals surface area contributed by atoms with Crippen LogP contribution in [0.5, 0.6) is 23.1 Å². The molecule has 0 spiro atoms. The van der Waals surface area contributed by atoms with Gasteiger partial charge in [0.25, 0.3) is 5.56 Å².